The van der Waals surface area contributed by atoms with Crippen LogP contribution in [0.3, 0.4) is 0 Å². The Balaban J connectivity index is 1.10. The number of nitrogens with zero attached hydrogens (tertiary/aromatic N) is 2. The molecule has 0 saturated carbocycles. The molecule has 2 aliphatic heterocycles. The first-order valence-corrected chi connectivity index (χ1v) is 14.2. The van der Waals surface area contributed by atoms with Crippen LogP contribution in [0.5, 0.6) is 11.5 Å². The van der Waals surface area contributed by atoms with Gasteiger partial charge >= 0.3 is 0 Å². The number of carbonyl (C=O) groups is 1. The largest absolute Gasteiger partial charge is 0.454 e. The molecule has 2 fully saturated rings. The van der Waals surface area contributed by atoms with Gasteiger partial charge in [0.1, 0.15) is 5.75 Å². The van der Waals surface area contributed by atoms with Crippen LogP contribution in [0.25, 0.3) is 0 Å². The lowest BCUT2D eigenvalue weighted by Crippen LogP contribution is -2.38. The van der Waals surface area contributed by atoms with Crippen molar-refractivity contribution in [1.29, 1.82) is 0 Å². The van der Waals surface area contributed by atoms with Gasteiger partial charge in [0, 0.05) is 50.4 Å². The maximum Gasteiger partial charge on any atom is 0.225 e. The van der Waals surface area contributed by atoms with Gasteiger partial charge in [0.2, 0.25) is 5.91 Å². The molecule has 6 nitrogen and oxygen atoms in total. The van der Waals surface area contributed by atoms with Crippen LogP contribution in [-0.2, 0) is 16.1 Å². The molecule has 5 rings (SSSR count). The van der Waals surface area contributed by atoms with E-state index in [0.29, 0.717) is 30.2 Å². The minimum absolute atomic E-state index is 0.0347. The summed E-state index contributed by atoms with van der Waals surface area (Å²) >= 11 is 0. The summed E-state index contributed by atoms with van der Waals surface area (Å²) in [4.78, 5) is 17.2. The van der Waals surface area contributed by atoms with Gasteiger partial charge in [0.15, 0.2) is 23.2 Å². The van der Waals surface area contributed by atoms with E-state index in [4.69, 9.17) is 9.47 Å². The van der Waals surface area contributed by atoms with Crippen molar-refractivity contribution in [3.63, 3.8) is 0 Å². The highest BCUT2D eigenvalue weighted by Gasteiger charge is 2.23. The standard InChI is InChI=1S/C32H36F3N3O3/c1-22-2-5-25(36-32(39)10-13-37-14-16-40-17-15-37)18-27(22)24-8-11-38(12-9-24)21-23-3-6-26(7-4-23)41-31-20-29(34)28(33)19-30(31)35/h2-7,18-20,24H,8-17,21H2,1H3,(H,36,39). The van der Waals surface area contributed by atoms with E-state index in [1.165, 1.54) is 11.1 Å². The summed E-state index contributed by atoms with van der Waals surface area (Å²) in [5.74, 6) is -2.91. The van der Waals surface area contributed by atoms with Crippen LogP contribution in [0.1, 0.15) is 41.9 Å². The molecule has 0 unspecified atom stereocenters. The second kappa shape index (κ2) is 13.5. The molecule has 3 aromatic carbocycles. The van der Waals surface area contributed by atoms with Gasteiger partial charge in [0.25, 0.3) is 0 Å². The number of piperidine rings is 1. The van der Waals surface area contributed by atoms with E-state index < -0.39 is 17.5 Å². The van der Waals surface area contributed by atoms with E-state index in [1.54, 1.807) is 12.1 Å². The molecule has 3 aromatic rings. The number of halogens is 3. The fourth-order valence-electron chi connectivity index (χ4n) is 5.50. The Morgan fingerprint density at radius 2 is 1.61 bits per heavy atom. The van der Waals surface area contributed by atoms with Gasteiger partial charge < -0.3 is 14.8 Å². The number of amides is 1. The smallest absolute Gasteiger partial charge is 0.225 e. The highest BCUT2D eigenvalue weighted by atomic mass is 19.2. The average molecular weight is 568 g/mol. The quantitative estimate of drug-likeness (QED) is 0.310. The zero-order valence-corrected chi connectivity index (χ0v) is 23.3. The van der Waals surface area contributed by atoms with Crippen molar-refractivity contribution < 1.29 is 27.4 Å². The molecule has 1 amide bonds. The van der Waals surface area contributed by atoms with E-state index in [1.807, 2.05) is 18.2 Å². The van der Waals surface area contributed by atoms with E-state index in [-0.39, 0.29) is 11.7 Å². The second-order valence-electron chi connectivity index (χ2n) is 10.8. The van der Waals surface area contributed by atoms with Gasteiger partial charge in [0.05, 0.1) is 13.2 Å². The van der Waals surface area contributed by atoms with Crippen molar-refractivity contribution in [3.8, 4) is 11.5 Å². The van der Waals surface area contributed by atoms with Gasteiger partial charge in [-0.2, -0.15) is 0 Å². The third kappa shape index (κ3) is 7.87. The highest BCUT2D eigenvalue weighted by molar-refractivity contribution is 5.91. The summed E-state index contributed by atoms with van der Waals surface area (Å²) in [6.45, 7) is 8.74. The van der Waals surface area contributed by atoms with E-state index in [0.717, 1.165) is 76.6 Å². The molecule has 41 heavy (non-hydrogen) atoms. The first-order chi connectivity index (χ1) is 19.8. The minimum atomic E-state index is -1.25. The maximum atomic E-state index is 13.9. The number of benzene rings is 3. The molecule has 0 radical (unpaired) electrons. The third-order valence-electron chi connectivity index (χ3n) is 7.88. The van der Waals surface area contributed by atoms with Crippen molar-refractivity contribution in [2.45, 2.75) is 38.6 Å². The van der Waals surface area contributed by atoms with Crippen molar-refractivity contribution in [2.24, 2.45) is 0 Å². The summed E-state index contributed by atoms with van der Waals surface area (Å²) < 4.78 is 51.3. The first-order valence-electron chi connectivity index (χ1n) is 14.2. The Morgan fingerprint density at radius 3 is 2.34 bits per heavy atom. The van der Waals surface area contributed by atoms with Crippen LogP contribution in [0.2, 0.25) is 0 Å². The average Bonchev–Trinajstić information content (AvgIpc) is 2.98. The fourth-order valence-corrected chi connectivity index (χ4v) is 5.50. The van der Waals surface area contributed by atoms with E-state index in [2.05, 4.69) is 34.2 Å². The molecule has 0 spiro atoms. The van der Waals surface area contributed by atoms with Crippen LogP contribution in [0.4, 0.5) is 18.9 Å². The molecule has 0 bridgehead atoms. The number of rotatable bonds is 9. The number of likely N-dealkylation sites (tertiary alicyclic amines) is 1. The fraction of sp³-hybridized carbons (Fsp3) is 0.406. The lowest BCUT2D eigenvalue weighted by molar-refractivity contribution is -0.116. The van der Waals surface area contributed by atoms with Gasteiger partial charge in [-0.15, -0.1) is 0 Å². The Kier molecular flexibility index (Phi) is 9.59. The number of morpholine rings is 1. The van der Waals surface area contributed by atoms with Crippen LogP contribution in [-0.4, -0.2) is 61.6 Å². The van der Waals surface area contributed by atoms with Crippen LogP contribution < -0.4 is 10.1 Å². The predicted molar refractivity (Wildman–Crippen MR) is 152 cm³/mol. The summed E-state index contributed by atoms with van der Waals surface area (Å²) in [7, 11) is 0. The number of carbonyl (C=O) groups excluding carboxylic acids is 1. The van der Waals surface area contributed by atoms with Gasteiger partial charge in [-0.3, -0.25) is 14.6 Å². The summed E-state index contributed by atoms with van der Waals surface area (Å²) in [5, 5.41) is 3.08. The molecule has 0 atom stereocenters. The Bertz CT molecular complexity index is 1340. The predicted octanol–water partition coefficient (Wildman–Crippen LogP) is 6.25. The van der Waals surface area contributed by atoms with Crippen LogP contribution in [0.15, 0.2) is 54.6 Å². The number of anilines is 1. The molecular formula is C32H36F3N3O3. The number of hydrogen-bond acceptors (Lipinski definition) is 5. The molecule has 2 saturated heterocycles. The monoisotopic (exact) mass is 567 g/mol. The number of hydrogen-bond donors (Lipinski definition) is 1. The molecule has 0 aromatic heterocycles. The number of aryl methyl sites for hydroxylation is 1. The maximum absolute atomic E-state index is 13.9. The lowest BCUT2D eigenvalue weighted by atomic mass is 9.86. The zero-order chi connectivity index (χ0) is 28.8. The lowest BCUT2D eigenvalue weighted by Gasteiger charge is -2.33. The van der Waals surface area contributed by atoms with Gasteiger partial charge in [-0.1, -0.05) is 18.2 Å². The summed E-state index contributed by atoms with van der Waals surface area (Å²) in [5.41, 5.74) is 4.47. The molecule has 1 N–H and O–H groups in total. The third-order valence-corrected chi connectivity index (χ3v) is 7.88. The SMILES string of the molecule is Cc1ccc(NC(=O)CCN2CCOCC2)cc1C1CCN(Cc2ccc(Oc3cc(F)c(F)cc3F)cc2)CC1. The molecule has 2 heterocycles. The summed E-state index contributed by atoms with van der Waals surface area (Å²) in [6, 6.07) is 14.6. The Hall–Kier alpha value is -3.40. The summed E-state index contributed by atoms with van der Waals surface area (Å²) in [6.07, 6.45) is 2.51. The molecule has 218 valence electrons. The molecule has 2 aliphatic rings. The van der Waals surface area contributed by atoms with Crippen molar-refractivity contribution in [1.82, 2.24) is 9.80 Å². The minimum Gasteiger partial charge on any atom is -0.454 e. The first kappa shape index (κ1) is 29.1. The molecular weight excluding hydrogens is 531 g/mol. The van der Waals surface area contributed by atoms with Crippen molar-refractivity contribution >= 4 is 11.6 Å². The second-order valence-corrected chi connectivity index (χ2v) is 10.8. The number of ether oxygens (including phenoxy) is 2. The van der Waals surface area contributed by atoms with Crippen molar-refractivity contribution in [3.05, 3.63) is 88.7 Å². The Labute approximate surface area is 239 Å². The van der Waals surface area contributed by atoms with E-state index >= 15 is 0 Å². The Morgan fingerprint density at radius 1 is 0.902 bits per heavy atom. The highest BCUT2D eigenvalue weighted by Crippen LogP contribution is 2.33. The van der Waals surface area contributed by atoms with Crippen LogP contribution in [0, 0.1) is 24.4 Å². The number of nitrogens with one attached hydrogen (secondary N) is 1. The molecule has 9 heteroatoms. The van der Waals surface area contributed by atoms with Crippen molar-refractivity contribution in [2.75, 3.05) is 51.3 Å². The van der Waals surface area contributed by atoms with Gasteiger partial charge in [-0.25, -0.2) is 13.2 Å². The zero-order valence-electron chi connectivity index (χ0n) is 23.3. The topological polar surface area (TPSA) is 54.0 Å². The van der Waals surface area contributed by atoms with E-state index in [9.17, 15) is 18.0 Å². The van der Waals surface area contributed by atoms with Gasteiger partial charge in [-0.05, 0) is 79.7 Å². The normalized spacial score (nSPS) is 17.0. The van der Waals surface area contributed by atoms with Crippen LogP contribution >= 0.6 is 0 Å². The molecule has 0 aliphatic carbocycles.